The van der Waals surface area contributed by atoms with Crippen molar-refractivity contribution in [2.45, 2.75) is 45.7 Å². The fraction of sp³-hybridized carbons (Fsp3) is 0.692. The van der Waals surface area contributed by atoms with Crippen molar-refractivity contribution in [1.82, 2.24) is 15.3 Å². The first kappa shape index (κ1) is 12.3. The first-order valence-electron chi connectivity index (χ1n) is 6.62. The maximum atomic E-state index is 4.49. The van der Waals surface area contributed by atoms with Crippen molar-refractivity contribution in [3.8, 4) is 0 Å². The smallest absolute Gasteiger partial charge is 0.147 e. The highest BCUT2D eigenvalue weighted by Crippen LogP contribution is 2.19. The van der Waals surface area contributed by atoms with Crippen molar-refractivity contribution in [3.05, 3.63) is 18.1 Å². The minimum Gasteiger partial charge on any atom is -0.356 e. The van der Waals surface area contributed by atoms with E-state index in [2.05, 4.69) is 34.0 Å². The van der Waals surface area contributed by atoms with E-state index in [1.807, 2.05) is 12.4 Å². The first-order valence-corrected chi connectivity index (χ1v) is 6.62. The third kappa shape index (κ3) is 3.66. The van der Waals surface area contributed by atoms with Crippen LogP contribution in [0.15, 0.2) is 12.4 Å². The number of anilines is 1. The molecule has 0 aliphatic heterocycles. The number of hydrogen-bond acceptors (Lipinski definition) is 4. The molecule has 1 aliphatic rings. The van der Waals surface area contributed by atoms with E-state index < -0.39 is 0 Å². The van der Waals surface area contributed by atoms with Crippen molar-refractivity contribution < 1.29 is 0 Å². The lowest BCUT2D eigenvalue weighted by Gasteiger charge is -2.20. The Hall–Kier alpha value is -1.16. The fourth-order valence-corrected chi connectivity index (χ4v) is 1.84. The van der Waals surface area contributed by atoms with E-state index in [1.165, 1.54) is 12.8 Å². The van der Waals surface area contributed by atoms with Gasteiger partial charge in [0.25, 0.3) is 0 Å². The van der Waals surface area contributed by atoms with Crippen LogP contribution in [0.25, 0.3) is 0 Å². The zero-order chi connectivity index (χ0) is 12.1. The van der Waals surface area contributed by atoms with Crippen LogP contribution in [0.4, 0.5) is 5.82 Å². The molecule has 4 heteroatoms. The Kier molecular flexibility index (Phi) is 4.31. The predicted octanol–water partition coefficient (Wildman–Crippen LogP) is 1.96. The van der Waals surface area contributed by atoms with Gasteiger partial charge in [0, 0.05) is 25.7 Å². The van der Waals surface area contributed by atoms with Crippen LogP contribution >= 0.6 is 0 Å². The second-order valence-corrected chi connectivity index (χ2v) is 4.60. The van der Waals surface area contributed by atoms with Gasteiger partial charge >= 0.3 is 0 Å². The average molecular weight is 234 g/mol. The van der Waals surface area contributed by atoms with Crippen LogP contribution in [0.2, 0.25) is 0 Å². The molecule has 1 N–H and O–H groups in total. The molecule has 0 radical (unpaired) electrons. The highest BCUT2D eigenvalue weighted by Gasteiger charge is 2.20. The number of nitrogens with one attached hydrogen (secondary N) is 1. The van der Waals surface area contributed by atoms with E-state index in [9.17, 15) is 0 Å². The largest absolute Gasteiger partial charge is 0.356 e. The minimum atomic E-state index is 0.726. The zero-order valence-electron chi connectivity index (χ0n) is 10.8. The molecule has 0 aromatic carbocycles. The van der Waals surface area contributed by atoms with Gasteiger partial charge in [-0.05, 0) is 26.2 Å². The third-order valence-corrected chi connectivity index (χ3v) is 3.04. The Labute approximate surface area is 103 Å². The summed E-state index contributed by atoms with van der Waals surface area (Å²) in [4.78, 5) is 11.2. The van der Waals surface area contributed by atoms with Gasteiger partial charge in [-0.15, -0.1) is 0 Å². The third-order valence-electron chi connectivity index (χ3n) is 3.04. The SMILES string of the molecule is CCCN(CC)c1cnc(CNC2CC2)cn1. The van der Waals surface area contributed by atoms with Crippen molar-refractivity contribution >= 4 is 5.82 Å². The Morgan fingerprint density at radius 1 is 1.29 bits per heavy atom. The van der Waals surface area contributed by atoms with E-state index in [4.69, 9.17) is 0 Å². The maximum Gasteiger partial charge on any atom is 0.147 e. The van der Waals surface area contributed by atoms with Crippen LogP contribution in [0.3, 0.4) is 0 Å². The van der Waals surface area contributed by atoms with Crippen LogP contribution in [0.5, 0.6) is 0 Å². The minimum absolute atomic E-state index is 0.726. The summed E-state index contributed by atoms with van der Waals surface area (Å²) in [5.41, 5.74) is 1.04. The Morgan fingerprint density at radius 3 is 2.65 bits per heavy atom. The highest BCUT2D eigenvalue weighted by atomic mass is 15.2. The van der Waals surface area contributed by atoms with Gasteiger partial charge < -0.3 is 10.2 Å². The number of hydrogen-bond donors (Lipinski definition) is 1. The Balaban J connectivity index is 1.90. The molecule has 94 valence electrons. The van der Waals surface area contributed by atoms with E-state index in [0.717, 1.165) is 43.6 Å². The molecule has 1 aliphatic carbocycles. The molecule has 0 spiro atoms. The average Bonchev–Trinajstić information content (AvgIpc) is 3.18. The molecule has 1 aromatic heterocycles. The van der Waals surface area contributed by atoms with Crippen LogP contribution < -0.4 is 10.2 Å². The van der Waals surface area contributed by atoms with E-state index in [1.54, 1.807) is 0 Å². The normalized spacial score (nSPS) is 14.9. The molecule has 0 unspecified atom stereocenters. The summed E-state index contributed by atoms with van der Waals surface area (Å²) >= 11 is 0. The van der Waals surface area contributed by atoms with Crippen molar-refractivity contribution in [2.24, 2.45) is 0 Å². The molecule has 1 fully saturated rings. The molecular weight excluding hydrogens is 212 g/mol. The Morgan fingerprint density at radius 2 is 2.12 bits per heavy atom. The summed E-state index contributed by atoms with van der Waals surface area (Å²) in [5, 5.41) is 3.44. The highest BCUT2D eigenvalue weighted by molar-refractivity contribution is 5.35. The van der Waals surface area contributed by atoms with Gasteiger partial charge in [-0.25, -0.2) is 4.98 Å². The summed E-state index contributed by atoms with van der Waals surface area (Å²) in [6.45, 7) is 7.22. The molecule has 0 saturated heterocycles. The second-order valence-electron chi connectivity index (χ2n) is 4.60. The topological polar surface area (TPSA) is 41.1 Å². The van der Waals surface area contributed by atoms with Crippen LogP contribution in [-0.2, 0) is 6.54 Å². The van der Waals surface area contributed by atoms with Crippen molar-refractivity contribution in [1.29, 1.82) is 0 Å². The van der Waals surface area contributed by atoms with Crippen molar-refractivity contribution in [2.75, 3.05) is 18.0 Å². The lowest BCUT2D eigenvalue weighted by atomic mass is 10.4. The lowest BCUT2D eigenvalue weighted by molar-refractivity contribution is 0.670. The van der Waals surface area contributed by atoms with E-state index in [-0.39, 0.29) is 0 Å². The quantitative estimate of drug-likeness (QED) is 0.783. The first-order chi connectivity index (χ1) is 8.33. The number of rotatable bonds is 7. The summed E-state index contributed by atoms with van der Waals surface area (Å²) in [7, 11) is 0. The van der Waals surface area contributed by atoms with E-state index >= 15 is 0 Å². The molecule has 17 heavy (non-hydrogen) atoms. The molecule has 0 amide bonds. The fourth-order valence-electron chi connectivity index (χ4n) is 1.84. The van der Waals surface area contributed by atoms with E-state index in [0.29, 0.717) is 0 Å². The van der Waals surface area contributed by atoms with Gasteiger partial charge in [-0.3, -0.25) is 4.98 Å². The molecule has 1 saturated carbocycles. The zero-order valence-corrected chi connectivity index (χ0v) is 10.8. The monoisotopic (exact) mass is 234 g/mol. The van der Waals surface area contributed by atoms with Gasteiger partial charge in [0.1, 0.15) is 5.82 Å². The van der Waals surface area contributed by atoms with Crippen LogP contribution in [-0.4, -0.2) is 29.1 Å². The molecule has 1 aromatic rings. The Bertz CT molecular complexity index is 332. The summed E-state index contributed by atoms with van der Waals surface area (Å²) in [6, 6.07) is 0.726. The van der Waals surface area contributed by atoms with Gasteiger partial charge in [0.05, 0.1) is 18.1 Å². The standard InChI is InChI=1S/C13H22N4/c1-3-7-17(4-2)13-10-15-12(9-16-13)8-14-11-5-6-11/h9-11,14H,3-8H2,1-2H3. The van der Waals surface area contributed by atoms with Gasteiger partial charge in [-0.1, -0.05) is 6.92 Å². The maximum absolute atomic E-state index is 4.49. The molecule has 2 rings (SSSR count). The van der Waals surface area contributed by atoms with Gasteiger partial charge in [-0.2, -0.15) is 0 Å². The molecule has 4 nitrogen and oxygen atoms in total. The molecular formula is C13H22N4. The second kappa shape index (κ2) is 5.96. The summed E-state index contributed by atoms with van der Waals surface area (Å²) < 4.78 is 0. The molecule has 0 bridgehead atoms. The summed E-state index contributed by atoms with van der Waals surface area (Å²) in [5.74, 6) is 0.990. The van der Waals surface area contributed by atoms with Crippen LogP contribution in [0.1, 0.15) is 38.8 Å². The number of nitrogens with zero attached hydrogens (tertiary/aromatic N) is 3. The van der Waals surface area contributed by atoms with Gasteiger partial charge in [0.2, 0.25) is 0 Å². The van der Waals surface area contributed by atoms with Crippen LogP contribution in [0, 0.1) is 0 Å². The predicted molar refractivity (Wildman–Crippen MR) is 70.1 cm³/mol. The van der Waals surface area contributed by atoms with Crippen molar-refractivity contribution in [3.63, 3.8) is 0 Å². The number of aromatic nitrogens is 2. The summed E-state index contributed by atoms with van der Waals surface area (Å²) in [6.07, 6.45) is 7.55. The molecule has 0 atom stereocenters. The lowest BCUT2D eigenvalue weighted by Crippen LogP contribution is -2.25. The van der Waals surface area contributed by atoms with Gasteiger partial charge in [0.15, 0.2) is 0 Å². The molecule has 1 heterocycles.